The van der Waals surface area contributed by atoms with E-state index in [9.17, 15) is 13.2 Å². The fraction of sp³-hybridized carbons (Fsp3) is 0.238. The molecule has 0 N–H and O–H groups in total. The first kappa shape index (κ1) is 20.7. The van der Waals surface area contributed by atoms with Gasteiger partial charge in [0, 0.05) is 30.1 Å². The zero-order valence-corrected chi connectivity index (χ0v) is 16.7. The highest BCUT2D eigenvalue weighted by molar-refractivity contribution is 5.54. The molecule has 0 amide bonds. The van der Waals surface area contributed by atoms with Crippen LogP contribution in [0.1, 0.15) is 22.9 Å². The molecule has 0 spiro atoms. The molecule has 0 aliphatic heterocycles. The molecule has 0 bridgehead atoms. The van der Waals surface area contributed by atoms with E-state index in [1.807, 2.05) is 18.0 Å². The van der Waals surface area contributed by atoms with Gasteiger partial charge in [0.25, 0.3) is 0 Å². The molecule has 0 aliphatic carbocycles. The number of hydrogen-bond donors (Lipinski definition) is 0. The summed E-state index contributed by atoms with van der Waals surface area (Å²) in [5, 5.41) is 3.97. The Morgan fingerprint density at radius 3 is 2.45 bits per heavy atom. The molecule has 31 heavy (non-hydrogen) atoms. The predicted molar refractivity (Wildman–Crippen MR) is 104 cm³/mol. The zero-order valence-electron chi connectivity index (χ0n) is 16.7. The van der Waals surface area contributed by atoms with E-state index in [0.29, 0.717) is 41.8 Å². The van der Waals surface area contributed by atoms with Crippen LogP contribution in [0.25, 0.3) is 22.8 Å². The number of rotatable bonds is 6. The summed E-state index contributed by atoms with van der Waals surface area (Å²) in [5.74, 6) is 1.75. The van der Waals surface area contributed by atoms with Crippen LogP contribution < -0.4 is 0 Å². The first-order valence-corrected chi connectivity index (χ1v) is 9.35. The van der Waals surface area contributed by atoms with Crippen LogP contribution >= 0.6 is 0 Å². The largest absolute Gasteiger partial charge is 0.441 e. The van der Waals surface area contributed by atoms with Crippen LogP contribution in [0.4, 0.5) is 13.2 Å². The summed E-state index contributed by atoms with van der Waals surface area (Å²) in [6, 6.07) is 8.35. The molecule has 0 saturated carbocycles. The SMILES string of the molecule is Cc1oc(-c2ccc(C(F)(F)F)cc2)nc1CN(C)Cc1nc(-c2cccnc2)no1. The molecule has 10 heteroatoms. The van der Waals surface area contributed by atoms with Crippen LogP contribution in [-0.2, 0) is 19.3 Å². The van der Waals surface area contributed by atoms with Gasteiger partial charge in [0.1, 0.15) is 5.76 Å². The van der Waals surface area contributed by atoms with Crippen molar-refractivity contribution in [2.24, 2.45) is 0 Å². The molecule has 0 aliphatic rings. The Hall–Kier alpha value is -3.53. The topological polar surface area (TPSA) is 81.1 Å². The second-order valence-electron chi connectivity index (χ2n) is 7.02. The number of nitrogens with zero attached hydrogens (tertiary/aromatic N) is 5. The van der Waals surface area contributed by atoms with Crippen LogP contribution in [0.2, 0.25) is 0 Å². The molecular formula is C21H18F3N5O2. The summed E-state index contributed by atoms with van der Waals surface area (Å²) in [5.41, 5.74) is 1.19. The summed E-state index contributed by atoms with van der Waals surface area (Å²) in [7, 11) is 1.86. The van der Waals surface area contributed by atoms with Gasteiger partial charge in [-0.2, -0.15) is 18.2 Å². The van der Waals surface area contributed by atoms with Crippen LogP contribution in [0.3, 0.4) is 0 Å². The molecule has 3 heterocycles. The highest BCUT2D eigenvalue weighted by atomic mass is 19.4. The van der Waals surface area contributed by atoms with E-state index in [-0.39, 0.29) is 5.89 Å². The van der Waals surface area contributed by atoms with E-state index in [4.69, 9.17) is 8.94 Å². The smallest absolute Gasteiger partial charge is 0.416 e. The maximum absolute atomic E-state index is 12.7. The lowest BCUT2D eigenvalue weighted by Crippen LogP contribution is -2.18. The number of pyridine rings is 1. The van der Waals surface area contributed by atoms with Crippen molar-refractivity contribution in [1.82, 2.24) is 25.0 Å². The first-order chi connectivity index (χ1) is 14.8. The number of hydrogen-bond acceptors (Lipinski definition) is 7. The van der Waals surface area contributed by atoms with Crippen molar-refractivity contribution in [3.05, 3.63) is 71.7 Å². The Morgan fingerprint density at radius 1 is 1.00 bits per heavy atom. The van der Waals surface area contributed by atoms with Gasteiger partial charge < -0.3 is 8.94 Å². The van der Waals surface area contributed by atoms with Crippen molar-refractivity contribution in [2.45, 2.75) is 26.2 Å². The minimum Gasteiger partial charge on any atom is -0.441 e. The molecule has 0 atom stereocenters. The van der Waals surface area contributed by atoms with Gasteiger partial charge in [0.2, 0.25) is 17.6 Å². The van der Waals surface area contributed by atoms with Gasteiger partial charge in [0.05, 0.1) is 17.8 Å². The monoisotopic (exact) mass is 429 g/mol. The molecular weight excluding hydrogens is 411 g/mol. The lowest BCUT2D eigenvalue weighted by atomic mass is 10.1. The number of alkyl halides is 3. The fourth-order valence-electron chi connectivity index (χ4n) is 2.97. The van der Waals surface area contributed by atoms with Gasteiger partial charge in [-0.1, -0.05) is 5.16 Å². The van der Waals surface area contributed by atoms with E-state index in [1.165, 1.54) is 12.1 Å². The number of aromatic nitrogens is 4. The second-order valence-corrected chi connectivity index (χ2v) is 7.02. The van der Waals surface area contributed by atoms with Crippen molar-refractivity contribution < 1.29 is 22.1 Å². The molecule has 160 valence electrons. The highest BCUT2D eigenvalue weighted by Gasteiger charge is 2.30. The van der Waals surface area contributed by atoms with E-state index >= 15 is 0 Å². The quantitative estimate of drug-likeness (QED) is 0.438. The third-order valence-corrected chi connectivity index (χ3v) is 4.56. The fourth-order valence-corrected chi connectivity index (χ4v) is 2.97. The molecule has 0 unspecified atom stereocenters. The maximum atomic E-state index is 12.7. The zero-order chi connectivity index (χ0) is 22.0. The minimum atomic E-state index is -4.38. The van der Waals surface area contributed by atoms with Crippen LogP contribution in [0.15, 0.2) is 57.7 Å². The summed E-state index contributed by atoms with van der Waals surface area (Å²) in [4.78, 5) is 14.8. The molecule has 0 saturated heterocycles. The van der Waals surface area contributed by atoms with Crippen LogP contribution in [-0.4, -0.2) is 32.1 Å². The predicted octanol–water partition coefficient (Wildman–Crippen LogP) is 4.75. The summed E-state index contributed by atoms with van der Waals surface area (Å²) in [6.07, 6.45) is -1.07. The average molecular weight is 429 g/mol. The number of aryl methyl sites for hydroxylation is 1. The standard InChI is InChI=1S/C21H18F3N5O2/c1-13-17(26-20(30-13)14-5-7-16(8-6-14)21(22,23)24)11-29(2)12-18-27-19(28-31-18)15-4-3-9-25-10-15/h3-10H,11-12H2,1-2H3. The molecule has 7 nitrogen and oxygen atoms in total. The molecule has 3 aromatic heterocycles. The Kier molecular flexibility index (Phi) is 5.55. The van der Waals surface area contributed by atoms with Crippen molar-refractivity contribution >= 4 is 0 Å². The van der Waals surface area contributed by atoms with Crippen molar-refractivity contribution in [1.29, 1.82) is 0 Å². The molecule has 4 rings (SSSR count). The molecule has 1 aromatic carbocycles. The number of halogens is 3. The molecule has 0 radical (unpaired) electrons. The Balaban J connectivity index is 1.43. The summed E-state index contributed by atoms with van der Waals surface area (Å²) < 4.78 is 49.2. The van der Waals surface area contributed by atoms with Gasteiger partial charge >= 0.3 is 6.18 Å². The Labute approximate surface area is 175 Å². The maximum Gasteiger partial charge on any atom is 0.416 e. The van der Waals surface area contributed by atoms with Gasteiger partial charge in [0.15, 0.2) is 0 Å². The summed E-state index contributed by atoms with van der Waals surface area (Å²) >= 11 is 0. The van der Waals surface area contributed by atoms with Crippen LogP contribution in [0.5, 0.6) is 0 Å². The van der Waals surface area contributed by atoms with Gasteiger partial charge in [-0.15, -0.1) is 0 Å². The van der Waals surface area contributed by atoms with Gasteiger partial charge in [-0.05, 0) is 50.4 Å². The van der Waals surface area contributed by atoms with Gasteiger partial charge in [-0.3, -0.25) is 9.88 Å². The van der Waals surface area contributed by atoms with E-state index in [0.717, 1.165) is 17.7 Å². The number of benzene rings is 1. The molecule has 4 aromatic rings. The second kappa shape index (κ2) is 8.31. The first-order valence-electron chi connectivity index (χ1n) is 9.35. The van der Waals surface area contributed by atoms with E-state index in [1.54, 1.807) is 25.4 Å². The van der Waals surface area contributed by atoms with Crippen molar-refractivity contribution in [2.75, 3.05) is 7.05 Å². The van der Waals surface area contributed by atoms with E-state index < -0.39 is 11.7 Å². The van der Waals surface area contributed by atoms with Gasteiger partial charge in [-0.25, -0.2) is 4.98 Å². The highest BCUT2D eigenvalue weighted by Crippen LogP contribution is 2.31. The normalized spacial score (nSPS) is 11.9. The van der Waals surface area contributed by atoms with Crippen LogP contribution in [0, 0.1) is 6.92 Å². The van der Waals surface area contributed by atoms with Crippen molar-refractivity contribution in [3.63, 3.8) is 0 Å². The summed E-state index contributed by atoms with van der Waals surface area (Å²) in [6.45, 7) is 2.58. The van der Waals surface area contributed by atoms with Crippen molar-refractivity contribution in [3.8, 4) is 22.8 Å². The molecule has 0 fully saturated rings. The lowest BCUT2D eigenvalue weighted by molar-refractivity contribution is -0.137. The minimum absolute atomic E-state index is 0.270. The van der Waals surface area contributed by atoms with E-state index in [2.05, 4.69) is 20.1 Å². The lowest BCUT2D eigenvalue weighted by Gasteiger charge is -2.12. The number of oxazole rings is 1. The third-order valence-electron chi connectivity index (χ3n) is 4.56. The Bertz CT molecular complexity index is 1150. The Morgan fingerprint density at radius 2 is 1.77 bits per heavy atom. The third kappa shape index (κ3) is 4.80. The average Bonchev–Trinajstić information content (AvgIpc) is 3.35.